The molecule has 3 aromatic carbocycles. The van der Waals surface area contributed by atoms with Crippen LogP contribution in [0.5, 0.6) is 5.75 Å². The minimum atomic E-state index is 0.224. The van der Waals surface area contributed by atoms with E-state index in [9.17, 15) is 5.11 Å². The molecule has 160 valence electrons. The quantitative estimate of drug-likeness (QED) is 0.520. The van der Waals surface area contributed by atoms with Crippen molar-refractivity contribution in [3.05, 3.63) is 71.8 Å². The standard InChI is InChI=1S/C26H24N4O2/c1-29-10-12-30(13-11-29)20-6-2-18-14-23(27-24(18)16-20)19-5-9-22-25(15-19)32-26(28-22)17-3-7-21(31)8-4-17/h2-9,15-16,31H,10-14H2,1H3. The monoisotopic (exact) mass is 424 g/mol. The van der Waals surface area contributed by atoms with E-state index in [2.05, 4.69) is 46.1 Å². The summed E-state index contributed by atoms with van der Waals surface area (Å²) in [5.74, 6) is 0.771. The molecular formula is C26H24N4O2. The molecule has 1 aromatic heterocycles. The molecule has 0 spiro atoms. The Labute approximate surface area is 186 Å². The van der Waals surface area contributed by atoms with Crippen LogP contribution >= 0.6 is 0 Å². The second kappa shape index (κ2) is 7.50. The van der Waals surface area contributed by atoms with Crippen molar-refractivity contribution >= 4 is 28.2 Å². The Kier molecular flexibility index (Phi) is 4.47. The number of aromatic hydroxyl groups is 1. The third-order valence-electron chi connectivity index (χ3n) is 6.39. The number of oxazole rings is 1. The van der Waals surface area contributed by atoms with Crippen LogP contribution in [-0.2, 0) is 6.42 Å². The van der Waals surface area contributed by atoms with Crippen molar-refractivity contribution in [3.8, 4) is 17.2 Å². The Bertz CT molecular complexity index is 1330. The minimum Gasteiger partial charge on any atom is -0.508 e. The molecule has 0 aliphatic carbocycles. The highest BCUT2D eigenvalue weighted by Gasteiger charge is 2.20. The number of anilines is 1. The second-order valence-corrected chi connectivity index (χ2v) is 8.59. The normalized spacial score (nSPS) is 16.4. The van der Waals surface area contributed by atoms with Crippen LogP contribution in [-0.4, -0.2) is 53.9 Å². The predicted molar refractivity (Wildman–Crippen MR) is 127 cm³/mol. The van der Waals surface area contributed by atoms with Crippen LogP contribution in [0.15, 0.2) is 70.1 Å². The summed E-state index contributed by atoms with van der Waals surface area (Å²) >= 11 is 0. The highest BCUT2D eigenvalue weighted by atomic mass is 16.3. The van der Waals surface area contributed by atoms with Crippen LogP contribution in [0, 0.1) is 0 Å². The summed E-state index contributed by atoms with van der Waals surface area (Å²) in [6.07, 6.45) is 0.822. The Morgan fingerprint density at radius 1 is 0.875 bits per heavy atom. The maximum atomic E-state index is 9.51. The number of nitrogens with zero attached hydrogens (tertiary/aromatic N) is 4. The molecule has 0 saturated carbocycles. The van der Waals surface area contributed by atoms with Crippen molar-refractivity contribution in [2.45, 2.75) is 6.42 Å². The molecule has 3 heterocycles. The maximum Gasteiger partial charge on any atom is 0.227 e. The number of phenols is 1. The Morgan fingerprint density at radius 2 is 1.66 bits per heavy atom. The third-order valence-corrected chi connectivity index (χ3v) is 6.39. The van der Waals surface area contributed by atoms with Crippen LogP contribution in [0.4, 0.5) is 11.4 Å². The highest BCUT2D eigenvalue weighted by molar-refractivity contribution is 6.08. The molecule has 1 saturated heterocycles. The van der Waals surface area contributed by atoms with E-state index in [4.69, 9.17) is 9.41 Å². The van der Waals surface area contributed by atoms with E-state index in [0.717, 1.165) is 66.2 Å². The van der Waals surface area contributed by atoms with Crippen molar-refractivity contribution in [1.29, 1.82) is 0 Å². The SMILES string of the molecule is CN1CCN(c2ccc3c(c2)N=C(c2ccc4nc(-c5ccc(O)cc5)oc4c2)C3)CC1. The fourth-order valence-electron chi connectivity index (χ4n) is 4.43. The zero-order valence-electron chi connectivity index (χ0n) is 18.0. The van der Waals surface area contributed by atoms with Crippen molar-refractivity contribution in [1.82, 2.24) is 9.88 Å². The zero-order chi connectivity index (χ0) is 21.7. The highest BCUT2D eigenvalue weighted by Crippen LogP contribution is 2.34. The summed E-state index contributed by atoms with van der Waals surface area (Å²) < 4.78 is 6.02. The molecule has 1 N–H and O–H groups in total. The van der Waals surface area contributed by atoms with Gasteiger partial charge in [0.15, 0.2) is 5.58 Å². The Balaban J connectivity index is 1.28. The number of aromatic nitrogens is 1. The van der Waals surface area contributed by atoms with Crippen molar-refractivity contribution in [2.75, 3.05) is 38.1 Å². The van der Waals surface area contributed by atoms with E-state index in [1.807, 2.05) is 12.1 Å². The fraction of sp³-hybridized carbons (Fsp3) is 0.231. The summed E-state index contributed by atoms with van der Waals surface area (Å²) in [6, 6.07) is 19.6. The number of fused-ring (bicyclic) bond motifs is 2. The number of likely N-dealkylation sites (N-methyl/N-ethyl adjacent to an activating group) is 1. The molecule has 0 radical (unpaired) electrons. The largest absolute Gasteiger partial charge is 0.508 e. The number of phenolic OH excluding ortho intramolecular Hbond substituents is 1. The first kappa shape index (κ1) is 19.1. The van der Waals surface area contributed by atoms with Gasteiger partial charge in [0.05, 0.1) is 11.4 Å². The first-order chi connectivity index (χ1) is 15.6. The molecule has 2 aliphatic heterocycles. The van der Waals surface area contributed by atoms with Crippen LogP contribution in [0.25, 0.3) is 22.6 Å². The smallest absolute Gasteiger partial charge is 0.227 e. The van der Waals surface area contributed by atoms with Gasteiger partial charge in [-0.15, -0.1) is 0 Å². The van der Waals surface area contributed by atoms with Gasteiger partial charge in [0.25, 0.3) is 0 Å². The van der Waals surface area contributed by atoms with E-state index in [1.165, 1.54) is 11.3 Å². The van der Waals surface area contributed by atoms with Gasteiger partial charge in [-0.2, -0.15) is 0 Å². The molecule has 6 nitrogen and oxygen atoms in total. The first-order valence-electron chi connectivity index (χ1n) is 11.0. The Hall–Kier alpha value is -3.64. The Morgan fingerprint density at radius 3 is 2.47 bits per heavy atom. The molecule has 2 aliphatic rings. The lowest BCUT2D eigenvalue weighted by Crippen LogP contribution is -2.44. The molecular weight excluding hydrogens is 400 g/mol. The maximum absolute atomic E-state index is 9.51. The van der Waals surface area contributed by atoms with Crippen LogP contribution < -0.4 is 4.90 Å². The number of benzene rings is 3. The number of rotatable bonds is 3. The van der Waals surface area contributed by atoms with Gasteiger partial charge >= 0.3 is 0 Å². The van der Waals surface area contributed by atoms with Crippen LogP contribution in [0.2, 0.25) is 0 Å². The van der Waals surface area contributed by atoms with E-state index in [0.29, 0.717) is 5.89 Å². The molecule has 1 fully saturated rings. The average molecular weight is 425 g/mol. The van der Waals surface area contributed by atoms with Gasteiger partial charge < -0.3 is 19.3 Å². The summed E-state index contributed by atoms with van der Waals surface area (Å²) in [6.45, 7) is 4.29. The van der Waals surface area contributed by atoms with Crippen molar-refractivity contribution in [3.63, 3.8) is 0 Å². The van der Waals surface area contributed by atoms with Crippen molar-refractivity contribution in [2.24, 2.45) is 4.99 Å². The predicted octanol–water partition coefficient (Wildman–Crippen LogP) is 4.63. The number of hydrogen-bond donors (Lipinski definition) is 1. The van der Waals surface area contributed by atoms with Gasteiger partial charge in [-0.3, -0.25) is 4.99 Å². The molecule has 6 rings (SSSR count). The summed E-state index contributed by atoms with van der Waals surface area (Å²) in [7, 11) is 2.18. The van der Waals surface area contributed by atoms with Crippen LogP contribution in [0.3, 0.4) is 0 Å². The van der Waals surface area contributed by atoms with E-state index in [-0.39, 0.29) is 5.75 Å². The van der Waals surface area contributed by atoms with E-state index >= 15 is 0 Å². The van der Waals surface area contributed by atoms with Crippen molar-refractivity contribution < 1.29 is 9.52 Å². The average Bonchev–Trinajstić information content (AvgIpc) is 3.43. The molecule has 0 amide bonds. The number of piperazine rings is 1. The van der Waals surface area contributed by atoms with E-state index in [1.54, 1.807) is 24.3 Å². The van der Waals surface area contributed by atoms with Gasteiger partial charge in [0.1, 0.15) is 11.3 Å². The van der Waals surface area contributed by atoms with E-state index < -0.39 is 0 Å². The minimum absolute atomic E-state index is 0.224. The van der Waals surface area contributed by atoms with Crippen LogP contribution in [0.1, 0.15) is 11.1 Å². The van der Waals surface area contributed by atoms with Gasteiger partial charge in [0.2, 0.25) is 5.89 Å². The second-order valence-electron chi connectivity index (χ2n) is 8.59. The lowest BCUT2D eigenvalue weighted by Gasteiger charge is -2.34. The third kappa shape index (κ3) is 3.42. The lowest BCUT2D eigenvalue weighted by atomic mass is 10.0. The molecule has 0 bridgehead atoms. The topological polar surface area (TPSA) is 65.1 Å². The fourth-order valence-corrected chi connectivity index (χ4v) is 4.43. The molecule has 0 unspecified atom stereocenters. The molecule has 6 heteroatoms. The molecule has 4 aromatic rings. The lowest BCUT2D eigenvalue weighted by molar-refractivity contribution is 0.313. The van der Waals surface area contributed by atoms with Gasteiger partial charge in [-0.1, -0.05) is 12.1 Å². The van der Waals surface area contributed by atoms with Gasteiger partial charge in [0, 0.05) is 49.4 Å². The number of hydrogen-bond acceptors (Lipinski definition) is 6. The number of aliphatic imine (C=N–C) groups is 1. The summed E-state index contributed by atoms with van der Waals surface area (Å²) in [5, 5.41) is 9.51. The summed E-state index contributed by atoms with van der Waals surface area (Å²) in [5.41, 5.74) is 8.09. The first-order valence-corrected chi connectivity index (χ1v) is 11.0. The zero-order valence-corrected chi connectivity index (χ0v) is 18.0. The molecule has 32 heavy (non-hydrogen) atoms. The van der Waals surface area contributed by atoms with Gasteiger partial charge in [-0.05, 0) is 61.1 Å². The summed E-state index contributed by atoms with van der Waals surface area (Å²) in [4.78, 5) is 14.4. The van der Waals surface area contributed by atoms with Gasteiger partial charge in [-0.25, -0.2) is 4.98 Å². The molecule has 0 atom stereocenters.